The molecule has 0 aromatic heterocycles. The number of esters is 1. The van der Waals surface area contributed by atoms with Gasteiger partial charge in [-0.3, -0.25) is 0 Å². The van der Waals surface area contributed by atoms with Gasteiger partial charge in [0, 0.05) is 0 Å². The van der Waals surface area contributed by atoms with Gasteiger partial charge >= 0.3 is 5.97 Å². The van der Waals surface area contributed by atoms with Crippen molar-refractivity contribution in [1.29, 1.82) is 0 Å². The maximum absolute atomic E-state index is 11.9. The molecule has 4 nitrogen and oxygen atoms in total. The third-order valence-corrected chi connectivity index (χ3v) is 3.87. The Morgan fingerprint density at radius 2 is 1.88 bits per heavy atom. The molecule has 0 atom stereocenters. The average molecular weight is 242 g/mol. The lowest BCUT2D eigenvalue weighted by Crippen LogP contribution is -3.15. The van der Waals surface area contributed by atoms with Gasteiger partial charge in [-0.2, -0.15) is 0 Å². The molecule has 1 aliphatic carbocycles. The fourth-order valence-electron chi connectivity index (χ4n) is 2.75. The van der Waals surface area contributed by atoms with Crippen LogP contribution in [0.25, 0.3) is 0 Å². The summed E-state index contributed by atoms with van der Waals surface area (Å²) < 4.78 is 11.0. The van der Waals surface area contributed by atoms with Crippen LogP contribution in [0.1, 0.15) is 39.0 Å². The maximum atomic E-state index is 11.9. The fourth-order valence-corrected chi connectivity index (χ4v) is 2.75. The summed E-state index contributed by atoms with van der Waals surface area (Å²) in [6, 6.07) is 0. The summed E-state index contributed by atoms with van der Waals surface area (Å²) >= 11 is 0. The van der Waals surface area contributed by atoms with Crippen LogP contribution in [0.4, 0.5) is 0 Å². The topological polar surface area (TPSA) is 40.0 Å². The third kappa shape index (κ3) is 3.96. The van der Waals surface area contributed by atoms with E-state index in [0.29, 0.717) is 6.54 Å². The molecule has 1 heterocycles. The molecule has 0 aromatic carbocycles. The summed E-state index contributed by atoms with van der Waals surface area (Å²) in [6.45, 7) is 5.95. The van der Waals surface area contributed by atoms with Crippen LogP contribution in [-0.2, 0) is 14.3 Å². The Kier molecular flexibility index (Phi) is 4.40. The number of carbonyl (C=O) groups excluding carboxylic acids is 1. The van der Waals surface area contributed by atoms with Gasteiger partial charge in [0.1, 0.15) is 18.7 Å². The Hall–Kier alpha value is -0.610. The van der Waals surface area contributed by atoms with Crippen molar-refractivity contribution in [2.45, 2.75) is 44.6 Å². The minimum absolute atomic E-state index is 0.0358. The van der Waals surface area contributed by atoms with Crippen LogP contribution in [0.2, 0.25) is 0 Å². The van der Waals surface area contributed by atoms with Crippen molar-refractivity contribution < 1.29 is 19.2 Å². The predicted molar refractivity (Wildman–Crippen MR) is 64.0 cm³/mol. The number of hydrogen-bond donors (Lipinski definition) is 1. The number of hydrogen-bond acceptors (Lipinski definition) is 3. The van der Waals surface area contributed by atoms with E-state index in [1.165, 1.54) is 24.2 Å². The number of rotatable bonds is 3. The van der Waals surface area contributed by atoms with E-state index in [1.807, 2.05) is 0 Å². The van der Waals surface area contributed by atoms with Crippen molar-refractivity contribution in [3.05, 3.63) is 0 Å². The third-order valence-electron chi connectivity index (χ3n) is 3.87. The van der Waals surface area contributed by atoms with Crippen LogP contribution >= 0.6 is 0 Å². The lowest BCUT2D eigenvalue weighted by atomic mass is 9.86. The highest BCUT2D eigenvalue weighted by Crippen LogP contribution is 2.30. The number of ether oxygens (including phenoxy) is 2. The molecule has 1 saturated heterocycles. The summed E-state index contributed by atoms with van der Waals surface area (Å²) in [5, 5.41) is 0. The molecule has 2 fully saturated rings. The number of nitrogens with one attached hydrogen (secondary N) is 1. The summed E-state index contributed by atoms with van der Waals surface area (Å²) in [6.07, 6.45) is 5.71. The first kappa shape index (κ1) is 12.8. The Morgan fingerprint density at radius 3 is 2.53 bits per heavy atom. The van der Waals surface area contributed by atoms with Gasteiger partial charge in [-0.05, 0) is 32.6 Å². The van der Waals surface area contributed by atoms with Crippen LogP contribution in [0.5, 0.6) is 0 Å². The Bertz CT molecular complexity index is 255. The summed E-state index contributed by atoms with van der Waals surface area (Å²) in [5.41, 5.74) is -0.193. The smallest absolute Gasteiger partial charge is 0.362 e. The van der Waals surface area contributed by atoms with Crippen molar-refractivity contribution in [2.24, 2.45) is 0 Å². The van der Waals surface area contributed by atoms with Crippen molar-refractivity contribution in [3.8, 4) is 0 Å². The van der Waals surface area contributed by atoms with Crippen molar-refractivity contribution in [1.82, 2.24) is 0 Å². The molecule has 0 unspecified atom stereocenters. The van der Waals surface area contributed by atoms with Crippen molar-refractivity contribution >= 4 is 5.97 Å². The fraction of sp³-hybridized carbons (Fsp3) is 0.923. The molecule has 0 amide bonds. The highest BCUT2D eigenvalue weighted by Gasteiger charge is 2.32. The first-order chi connectivity index (χ1) is 8.18. The lowest BCUT2D eigenvalue weighted by Gasteiger charge is -2.33. The van der Waals surface area contributed by atoms with Crippen molar-refractivity contribution in [3.63, 3.8) is 0 Å². The number of quaternary nitrogens is 1. The van der Waals surface area contributed by atoms with Gasteiger partial charge in [0.15, 0.2) is 6.54 Å². The Balaban J connectivity index is 1.75. The van der Waals surface area contributed by atoms with Gasteiger partial charge in [-0.25, -0.2) is 4.79 Å². The summed E-state index contributed by atoms with van der Waals surface area (Å²) in [7, 11) is 0. The first-order valence-corrected chi connectivity index (χ1v) is 6.81. The average Bonchev–Trinajstić information content (AvgIpc) is 2.30. The second-order valence-corrected chi connectivity index (χ2v) is 5.52. The normalized spacial score (nSPS) is 25.5. The Labute approximate surface area is 103 Å². The van der Waals surface area contributed by atoms with E-state index in [2.05, 4.69) is 6.92 Å². The minimum Gasteiger partial charge on any atom is -0.455 e. The van der Waals surface area contributed by atoms with Gasteiger partial charge in [0.2, 0.25) is 0 Å². The zero-order valence-corrected chi connectivity index (χ0v) is 10.8. The van der Waals surface area contributed by atoms with Crippen LogP contribution in [0.3, 0.4) is 0 Å². The molecule has 1 saturated carbocycles. The minimum atomic E-state index is -0.193. The summed E-state index contributed by atoms with van der Waals surface area (Å²) in [4.78, 5) is 13.2. The highest BCUT2D eigenvalue weighted by atomic mass is 16.6. The predicted octanol–water partition coefficient (Wildman–Crippen LogP) is 0.167. The van der Waals surface area contributed by atoms with E-state index in [0.717, 1.165) is 39.1 Å². The Morgan fingerprint density at radius 1 is 1.24 bits per heavy atom. The molecule has 0 aromatic rings. The maximum Gasteiger partial charge on any atom is 0.362 e. The lowest BCUT2D eigenvalue weighted by molar-refractivity contribution is -0.900. The van der Waals surface area contributed by atoms with E-state index < -0.39 is 0 Å². The molecule has 1 N–H and O–H groups in total. The second kappa shape index (κ2) is 5.83. The van der Waals surface area contributed by atoms with E-state index in [9.17, 15) is 4.79 Å². The zero-order chi connectivity index (χ0) is 12.1. The molecule has 0 radical (unpaired) electrons. The molecule has 2 aliphatic rings. The quantitative estimate of drug-likeness (QED) is 0.717. The van der Waals surface area contributed by atoms with Crippen LogP contribution in [-0.4, -0.2) is 44.4 Å². The molecular formula is C13H24NO3+. The van der Waals surface area contributed by atoms with Crippen molar-refractivity contribution in [2.75, 3.05) is 32.8 Å². The van der Waals surface area contributed by atoms with Gasteiger partial charge in [0.25, 0.3) is 0 Å². The van der Waals surface area contributed by atoms with Gasteiger partial charge < -0.3 is 14.4 Å². The van der Waals surface area contributed by atoms with Gasteiger partial charge in [-0.1, -0.05) is 6.42 Å². The van der Waals surface area contributed by atoms with E-state index in [1.54, 1.807) is 0 Å². The first-order valence-electron chi connectivity index (χ1n) is 6.81. The zero-order valence-electron chi connectivity index (χ0n) is 10.8. The molecule has 2 rings (SSSR count). The second-order valence-electron chi connectivity index (χ2n) is 5.52. The largest absolute Gasteiger partial charge is 0.455 e. The molecule has 4 heteroatoms. The molecule has 17 heavy (non-hydrogen) atoms. The molecule has 1 aliphatic heterocycles. The van der Waals surface area contributed by atoms with E-state index >= 15 is 0 Å². The highest BCUT2D eigenvalue weighted by molar-refractivity contribution is 5.70. The number of morpholine rings is 1. The van der Waals surface area contributed by atoms with Gasteiger partial charge in [0.05, 0.1) is 13.2 Å². The molecule has 0 spiro atoms. The van der Waals surface area contributed by atoms with Crippen LogP contribution < -0.4 is 4.90 Å². The van der Waals surface area contributed by atoms with Crippen LogP contribution in [0.15, 0.2) is 0 Å². The van der Waals surface area contributed by atoms with Crippen LogP contribution in [0, 0.1) is 0 Å². The van der Waals surface area contributed by atoms with E-state index in [4.69, 9.17) is 9.47 Å². The molecule has 98 valence electrons. The molecular weight excluding hydrogens is 218 g/mol. The van der Waals surface area contributed by atoms with Gasteiger partial charge in [-0.15, -0.1) is 0 Å². The monoisotopic (exact) mass is 242 g/mol. The number of carbonyl (C=O) groups is 1. The molecule has 0 bridgehead atoms. The standard InChI is InChI=1S/C13H23NO3/c1-13(5-3-2-4-6-13)17-12(15)11-14-7-9-16-10-8-14/h2-11H2,1H3/p+1. The SMILES string of the molecule is CC1(OC(=O)C[NH+]2CCOCC2)CCCCC1. The van der Waals surface area contributed by atoms with E-state index in [-0.39, 0.29) is 11.6 Å². The summed E-state index contributed by atoms with van der Waals surface area (Å²) in [5.74, 6) is -0.0358.